The molecule has 3 rings (SSSR count). The molecule has 1 aromatic carbocycles. The van der Waals surface area contributed by atoms with E-state index in [4.69, 9.17) is 5.73 Å². The second kappa shape index (κ2) is 5.25. The fourth-order valence-corrected chi connectivity index (χ4v) is 3.21. The summed E-state index contributed by atoms with van der Waals surface area (Å²) in [5.41, 5.74) is 8.26. The Hall–Kier alpha value is -1.88. The van der Waals surface area contributed by atoms with Crippen molar-refractivity contribution < 1.29 is 9.59 Å². The molecule has 2 aliphatic rings. The standard InChI is InChI=1S/C15H19N3O2/c16-8-9-2-1-3-12(9)15(20)17-11-4-5-13-10(6-11)7-14(19)18-13/h4-6,9,12H,1-3,7-8,16H2,(H,17,20)(H,18,19)/t9-,12-/m1/s1. The minimum Gasteiger partial charge on any atom is -0.330 e. The molecule has 4 N–H and O–H groups in total. The van der Waals surface area contributed by atoms with E-state index in [1.807, 2.05) is 18.2 Å². The molecule has 1 heterocycles. The highest BCUT2D eigenvalue weighted by molar-refractivity contribution is 6.00. The highest BCUT2D eigenvalue weighted by Gasteiger charge is 2.32. The molecule has 0 radical (unpaired) electrons. The number of benzene rings is 1. The van der Waals surface area contributed by atoms with Crippen LogP contribution in [0.3, 0.4) is 0 Å². The zero-order chi connectivity index (χ0) is 14.1. The molecule has 106 valence electrons. The molecule has 1 aromatic rings. The van der Waals surface area contributed by atoms with Crippen molar-refractivity contribution in [3.8, 4) is 0 Å². The minimum atomic E-state index is 0.00228. The van der Waals surface area contributed by atoms with Crippen molar-refractivity contribution in [3.63, 3.8) is 0 Å². The maximum atomic E-state index is 12.3. The van der Waals surface area contributed by atoms with Crippen LogP contribution in [0.25, 0.3) is 0 Å². The van der Waals surface area contributed by atoms with Crippen LogP contribution in [0.5, 0.6) is 0 Å². The van der Waals surface area contributed by atoms with Gasteiger partial charge in [-0.25, -0.2) is 0 Å². The van der Waals surface area contributed by atoms with Crippen molar-refractivity contribution in [1.82, 2.24) is 0 Å². The molecule has 1 aliphatic carbocycles. The Morgan fingerprint density at radius 1 is 1.40 bits per heavy atom. The van der Waals surface area contributed by atoms with Crippen LogP contribution >= 0.6 is 0 Å². The Kier molecular flexibility index (Phi) is 3.44. The number of hydrogen-bond acceptors (Lipinski definition) is 3. The highest BCUT2D eigenvalue weighted by Crippen LogP contribution is 2.32. The number of carbonyl (C=O) groups is 2. The number of nitrogens with one attached hydrogen (secondary N) is 2. The van der Waals surface area contributed by atoms with E-state index in [1.165, 1.54) is 0 Å². The molecule has 5 nitrogen and oxygen atoms in total. The van der Waals surface area contributed by atoms with Gasteiger partial charge >= 0.3 is 0 Å². The first-order chi connectivity index (χ1) is 9.67. The lowest BCUT2D eigenvalue weighted by atomic mass is 9.95. The van der Waals surface area contributed by atoms with Gasteiger partial charge in [-0.2, -0.15) is 0 Å². The lowest BCUT2D eigenvalue weighted by Gasteiger charge is -2.17. The van der Waals surface area contributed by atoms with E-state index in [9.17, 15) is 9.59 Å². The zero-order valence-corrected chi connectivity index (χ0v) is 11.3. The van der Waals surface area contributed by atoms with Crippen molar-refractivity contribution in [1.29, 1.82) is 0 Å². The first kappa shape index (κ1) is 13.1. The smallest absolute Gasteiger partial charge is 0.228 e. The van der Waals surface area contributed by atoms with Gasteiger partial charge in [0, 0.05) is 17.3 Å². The van der Waals surface area contributed by atoms with Gasteiger partial charge in [-0.15, -0.1) is 0 Å². The summed E-state index contributed by atoms with van der Waals surface area (Å²) in [6.07, 6.45) is 3.41. The van der Waals surface area contributed by atoms with Crippen molar-refractivity contribution in [3.05, 3.63) is 23.8 Å². The van der Waals surface area contributed by atoms with E-state index in [0.29, 0.717) is 18.9 Å². The predicted molar refractivity (Wildman–Crippen MR) is 77.3 cm³/mol. The average Bonchev–Trinajstić information content (AvgIpc) is 3.02. The van der Waals surface area contributed by atoms with Gasteiger partial charge in [0.05, 0.1) is 6.42 Å². The summed E-state index contributed by atoms with van der Waals surface area (Å²) in [6, 6.07) is 5.54. The van der Waals surface area contributed by atoms with Gasteiger partial charge in [0.15, 0.2) is 0 Å². The van der Waals surface area contributed by atoms with Crippen LogP contribution in [0.2, 0.25) is 0 Å². The Morgan fingerprint density at radius 3 is 3.05 bits per heavy atom. The van der Waals surface area contributed by atoms with Crippen molar-refractivity contribution >= 4 is 23.2 Å². The molecule has 0 saturated heterocycles. The molecule has 1 fully saturated rings. The summed E-state index contributed by atoms with van der Waals surface area (Å²) in [4.78, 5) is 23.6. The number of fused-ring (bicyclic) bond motifs is 1. The third kappa shape index (κ3) is 2.41. The van der Waals surface area contributed by atoms with Gasteiger partial charge in [-0.3, -0.25) is 9.59 Å². The normalized spacial score (nSPS) is 24.4. The molecule has 5 heteroatoms. The molecule has 20 heavy (non-hydrogen) atoms. The first-order valence-electron chi connectivity index (χ1n) is 7.11. The lowest BCUT2D eigenvalue weighted by Crippen LogP contribution is -2.29. The minimum absolute atomic E-state index is 0.00228. The van der Waals surface area contributed by atoms with E-state index in [0.717, 1.165) is 36.2 Å². The van der Waals surface area contributed by atoms with E-state index in [1.54, 1.807) is 0 Å². The van der Waals surface area contributed by atoms with Gasteiger partial charge in [0.1, 0.15) is 0 Å². The molecule has 2 amide bonds. The van der Waals surface area contributed by atoms with Crippen LogP contribution < -0.4 is 16.4 Å². The van der Waals surface area contributed by atoms with Gasteiger partial charge in [0.25, 0.3) is 0 Å². The summed E-state index contributed by atoms with van der Waals surface area (Å²) in [6.45, 7) is 0.570. The number of anilines is 2. The van der Waals surface area contributed by atoms with E-state index >= 15 is 0 Å². The molecule has 0 bridgehead atoms. The first-order valence-corrected chi connectivity index (χ1v) is 7.11. The lowest BCUT2D eigenvalue weighted by molar-refractivity contribution is -0.120. The maximum Gasteiger partial charge on any atom is 0.228 e. The van der Waals surface area contributed by atoms with Crippen molar-refractivity contribution in [2.45, 2.75) is 25.7 Å². The second-order valence-electron chi connectivity index (χ2n) is 5.62. The highest BCUT2D eigenvalue weighted by atomic mass is 16.2. The quantitative estimate of drug-likeness (QED) is 0.780. The largest absolute Gasteiger partial charge is 0.330 e. The Bertz CT molecular complexity index is 556. The molecular formula is C15H19N3O2. The Balaban J connectivity index is 1.71. The molecule has 1 saturated carbocycles. The van der Waals surface area contributed by atoms with Gasteiger partial charge in [0.2, 0.25) is 11.8 Å². The molecule has 1 aliphatic heterocycles. The molecule has 0 unspecified atom stereocenters. The molecule has 2 atom stereocenters. The monoisotopic (exact) mass is 273 g/mol. The van der Waals surface area contributed by atoms with Crippen LogP contribution in [0.15, 0.2) is 18.2 Å². The number of rotatable bonds is 3. The number of amides is 2. The van der Waals surface area contributed by atoms with E-state index in [-0.39, 0.29) is 17.7 Å². The number of carbonyl (C=O) groups excluding carboxylic acids is 2. The van der Waals surface area contributed by atoms with Crippen molar-refractivity contribution in [2.75, 3.05) is 17.2 Å². The van der Waals surface area contributed by atoms with E-state index in [2.05, 4.69) is 10.6 Å². The fraction of sp³-hybridized carbons (Fsp3) is 0.467. The third-order valence-electron chi connectivity index (χ3n) is 4.30. The summed E-state index contributed by atoms with van der Waals surface area (Å²) in [5.74, 6) is 0.373. The van der Waals surface area contributed by atoms with Crippen LogP contribution in [0.1, 0.15) is 24.8 Å². The predicted octanol–water partition coefficient (Wildman–Crippen LogP) is 1.49. The van der Waals surface area contributed by atoms with Gasteiger partial charge in [-0.05, 0) is 49.1 Å². The van der Waals surface area contributed by atoms with Crippen LogP contribution in [-0.2, 0) is 16.0 Å². The second-order valence-corrected chi connectivity index (χ2v) is 5.62. The average molecular weight is 273 g/mol. The van der Waals surface area contributed by atoms with Gasteiger partial charge < -0.3 is 16.4 Å². The molecule has 0 aromatic heterocycles. The Morgan fingerprint density at radius 2 is 2.25 bits per heavy atom. The van der Waals surface area contributed by atoms with Crippen LogP contribution in [-0.4, -0.2) is 18.4 Å². The fourth-order valence-electron chi connectivity index (χ4n) is 3.21. The summed E-state index contributed by atoms with van der Waals surface area (Å²) in [5, 5.41) is 5.74. The van der Waals surface area contributed by atoms with Crippen LogP contribution in [0.4, 0.5) is 11.4 Å². The van der Waals surface area contributed by atoms with Crippen LogP contribution in [0, 0.1) is 11.8 Å². The van der Waals surface area contributed by atoms with Crippen molar-refractivity contribution in [2.24, 2.45) is 17.6 Å². The Labute approximate surface area is 117 Å². The SMILES string of the molecule is NC[C@H]1CCC[C@H]1C(=O)Nc1ccc2c(c1)CC(=O)N2. The number of hydrogen-bond donors (Lipinski definition) is 3. The summed E-state index contributed by atoms with van der Waals surface area (Å²) in [7, 11) is 0. The number of nitrogens with two attached hydrogens (primary N) is 1. The maximum absolute atomic E-state index is 12.3. The molecule has 0 spiro atoms. The van der Waals surface area contributed by atoms with E-state index < -0.39 is 0 Å². The third-order valence-corrected chi connectivity index (χ3v) is 4.30. The summed E-state index contributed by atoms with van der Waals surface area (Å²) >= 11 is 0. The molecular weight excluding hydrogens is 254 g/mol. The summed E-state index contributed by atoms with van der Waals surface area (Å²) < 4.78 is 0. The topological polar surface area (TPSA) is 84.2 Å². The zero-order valence-electron chi connectivity index (χ0n) is 11.3. The van der Waals surface area contributed by atoms with Gasteiger partial charge in [-0.1, -0.05) is 6.42 Å².